The number of ether oxygens (including phenoxy) is 1. The number of benzene rings is 1. The molecule has 3 fully saturated rings. The summed E-state index contributed by atoms with van der Waals surface area (Å²) in [5, 5.41) is 13.0. The Morgan fingerprint density at radius 3 is 2.61 bits per heavy atom. The van der Waals surface area contributed by atoms with Crippen LogP contribution < -0.4 is 15.1 Å². The van der Waals surface area contributed by atoms with Gasteiger partial charge in [0, 0.05) is 48.9 Å². The molecule has 3 N–H and O–H groups in total. The molecule has 0 aromatic heterocycles. The molecule has 0 saturated carbocycles. The van der Waals surface area contributed by atoms with Crippen molar-refractivity contribution in [3.05, 3.63) is 47.1 Å². The summed E-state index contributed by atoms with van der Waals surface area (Å²) < 4.78 is 6.93. The second kappa shape index (κ2) is 13.7. The van der Waals surface area contributed by atoms with Gasteiger partial charge in [-0.2, -0.15) is 0 Å². The molecule has 0 bridgehead atoms. The first-order valence-electron chi connectivity index (χ1n) is 16.9. The molecule has 0 aliphatic carbocycles. The van der Waals surface area contributed by atoms with Gasteiger partial charge in [-0.15, -0.1) is 0 Å². The molecule has 252 valence electrons. The van der Waals surface area contributed by atoms with Crippen LogP contribution in [0, 0.1) is 5.92 Å². The van der Waals surface area contributed by atoms with Crippen LogP contribution in [0.1, 0.15) is 65.4 Å². The summed E-state index contributed by atoms with van der Waals surface area (Å²) in [6.07, 6.45) is 7.09. The number of rotatable bonds is 10. The van der Waals surface area contributed by atoms with Gasteiger partial charge in [0.05, 0.1) is 37.4 Å². The maximum absolute atomic E-state index is 14.8. The van der Waals surface area contributed by atoms with Crippen molar-refractivity contribution in [1.29, 1.82) is 0 Å². The van der Waals surface area contributed by atoms with Crippen molar-refractivity contribution in [2.24, 2.45) is 5.92 Å². The molecule has 1 aromatic carbocycles. The molecule has 1 spiro atoms. The molecule has 0 unspecified atom stereocenters. The van der Waals surface area contributed by atoms with E-state index in [1.165, 1.54) is 11.1 Å². The Hall–Kier alpha value is -2.83. The fourth-order valence-corrected chi connectivity index (χ4v) is 10.6. The van der Waals surface area contributed by atoms with Crippen molar-refractivity contribution in [3.8, 4) is 0 Å². The minimum atomic E-state index is -2.97. The van der Waals surface area contributed by atoms with Crippen LogP contribution in [0.15, 0.2) is 41.5 Å². The third-order valence-electron chi connectivity index (χ3n) is 10.4. The Morgan fingerprint density at radius 1 is 1.17 bits per heavy atom. The number of amides is 3. The molecular weight excluding hydrogens is 600 g/mol. The lowest BCUT2D eigenvalue weighted by atomic mass is 9.82. The predicted molar refractivity (Wildman–Crippen MR) is 182 cm³/mol. The lowest BCUT2D eigenvalue weighted by Gasteiger charge is -2.33. The van der Waals surface area contributed by atoms with Crippen LogP contribution in [0.25, 0.3) is 0 Å². The van der Waals surface area contributed by atoms with E-state index in [0.29, 0.717) is 37.4 Å². The van der Waals surface area contributed by atoms with E-state index in [1.54, 1.807) is 14.7 Å². The number of nitrogens with zero attached hydrogens (tertiary/aromatic N) is 3. The molecule has 4 aliphatic rings. The molecule has 46 heavy (non-hydrogen) atoms. The van der Waals surface area contributed by atoms with Crippen LogP contribution in [0.4, 0.5) is 11.4 Å². The van der Waals surface area contributed by atoms with E-state index in [1.807, 2.05) is 38.2 Å². The Bertz CT molecular complexity index is 1400. The molecule has 4 aliphatic heterocycles. The maximum Gasteiger partial charge on any atom is 0.264 e. The van der Waals surface area contributed by atoms with Crippen molar-refractivity contribution in [3.63, 3.8) is 0 Å². The Kier molecular flexibility index (Phi) is 10.3. The van der Waals surface area contributed by atoms with Crippen LogP contribution in [0.5, 0.6) is 0 Å². The molecule has 3 saturated heterocycles. The number of carbonyl (C=O) groups is 3. The zero-order chi connectivity index (χ0) is 33.4. The van der Waals surface area contributed by atoms with Gasteiger partial charge in [-0.25, -0.2) is 0 Å². The topological polar surface area (TPSA) is 123 Å². The number of likely N-dealkylation sites (tertiary alicyclic amines) is 1. The quantitative estimate of drug-likeness (QED) is 0.260. The van der Waals surface area contributed by atoms with E-state index in [9.17, 15) is 24.3 Å². The van der Waals surface area contributed by atoms with Gasteiger partial charge >= 0.3 is 0 Å². The normalized spacial score (nSPS) is 28.4. The highest BCUT2D eigenvalue weighted by atomic mass is 28.4. The van der Waals surface area contributed by atoms with E-state index >= 15 is 0 Å². The van der Waals surface area contributed by atoms with Gasteiger partial charge in [0.15, 0.2) is 13.9 Å². The second-order valence-corrected chi connectivity index (χ2v) is 18.3. The summed E-state index contributed by atoms with van der Waals surface area (Å²) in [5.41, 5.74) is 2.80. The van der Waals surface area contributed by atoms with E-state index in [2.05, 4.69) is 38.2 Å². The Labute approximate surface area is 274 Å². The smallest absolute Gasteiger partial charge is 0.264 e. The summed E-state index contributed by atoms with van der Waals surface area (Å²) in [4.78, 5) is 58.3. The largest absolute Gasteiger partial charge is 0.432 e. The monoisotopic (exact) mass is 652 g/mol. The number of fused-ring (bicyclic) bond motifs is 2. The first kappa shape index (κ1) is 34.5. The number of nitrogens with one attached hydrogen (secondary N) is 1. The summed E-state index contributed by atoms with van der Waals surface area (Å²) in [6, 6.07) is 5.53. The lowest BCUT2D eigenvalue weighted by molar-refractivity contribution is -0.149. The molecule has 0 radical (unpaired) electrons. The highest BCUT2D eigenvalue weighted by Gasteiger charge is 2.66. The minimum Gasteiger partial charge on any atom is -0.432 e. The molecule has 4 heterocycles. The fourth-order valence-electron chi connectivity index (χ4n) is 8.07. The number of aliphatic hydroxyl groups is 1. The predicted octanol–water partition coefficient (Wildman–Crippen LogP) is 3.83. The molecule has 5 rings (SSSR count). The standard InChI is InChI=1S/C35H52N4O6Si/c1-23(2)9-7-10-24(3)14-17-39-29-13-12-26(38-18-15-36-21-32(38)42)19-28(29)35(34(39)43)25(4)33(46(5,6)44)30(45-35)20-31(41)37-16-8-11-27(37)22-40/h9,12-14,19,25,27,30,33,36,40,44H,7-8,10-11,15-18,20-22H2,1-6H3/b24-14+/t25-,27-,30+,33-,35+/m0/s1. The zero-order valence-electron chi connectivity index (χ0n) is 28.3. The Balaban J connectivity index is 1.54. The molecule has 11 heteroatoms. The maximum atomic E-state index is 14.8. The SMILES string of the molecule is CC(C)=CCC/C(C)=C/CN1C(=O)[C@]2(O[C@H](CC(=O)N3CCC[C@H]3CO)[C@@H]([Si](C)(C)O)[C@@H]2C)c2cc(N3CCNCC3=O)ccc21. The van der Waals surface area contributed by atoms with Crippen LogP contribution in [-0.4, -0.2) is 92.3 Å². The average Bonchev–Trinajstić information content (AvgIpc) is 3.65. The van der Waals surface area contributed by atoms with E-state index in [0.717, 1.165) is 31.4 Å². The number of anilines is 2. The molecule has 1 aromatic rings. The van der Waals surface area contributed by atoms with Crippen LogP contribution >= 0.6 is 0 Å². The van der Waals surface area contributed by atoms with Crippen LogP contribution in [-0.2, 0) is 24.7 Å². The third-order valence-corrected chi connectivity index (χ3v) is 12.9. The third kappa shape index (κ3) is 6.49. The van der Waals surface area contributed by atoms with Crippen molar-refractivity contribution >= 4 is 37.4 Å². The van der Waals surface area contributed by atoms with Gasteiger partial charge in [-0.05, 0) is 77.7 Å². The van der Waals surface area contributed by atoms with Crippen molar-refractivity contribution in [1.82, 2.24) is 10.2 Å². The fraction of sp³-hybridized carbons (Fsp3) is 0.629. The highest BCUT2D eigenvalue weighted by molar-refractivity contribution is 6.71. The first-order chi connectivity index (χ1) is 21.8. The van der Waals surface area contributed by atoms with E-state index in [-0.39, 0.29) is 43.3 Å². The molecule has 3 amide bonds. The van der Waals surface area contributed by atoms with Gasteiger partial charge < -0.3 is 34.7 Å². The van der Waals surface area contributed by atoms with E-state index in [4.69, 9.17) is 4.74 Å². The highest BCUT2D eigenvalue weighted by Crippen LogP contribution is 2.60. The average molecular weight is 653 g/mol. The van der Waals surface area contributed by atoms with Gasteiger partial charge in [-0.1, -0.05) is 30.2 Å². The van der Waals surface area contributed by atoms with Gasteiger partial charge in [-0.3, -0.25) is 14.4 Å². The number of allylic oxidation sites excluding steroid dienone is 3. The first-order valence-corrected chi connectivity index (χ1v) is 19.9. The number of hydrogen-bond acceptors (Lipinski definition) is 7. The van der Waals surface area contributed by atoms with Crippen LogP contribution in [0.3, 0.4) is 0 Å². The summed E-state index contributed by atoms with van der Waals surface area (Å²) >= 11 is 0. The minimum absolute atomic E-state index is 0.0339. The summed E-state index contributed by atoms with van der Waals surface area (Å²) in [6.45, 7) is 14.2. The van der Waals surface area contributed by atoms with Crippen molar-refractivity contribution in [2.75, 3.05) is 49.1 Å². The Morgan fingerprint density at radius 2 is 1.93 bits per heavy atom. The summed E-state index contributed by atoms with van der Waals surface area (Å²) in [5.74, 6) is -0.769. The number of carbonyl (C=O) groups excluding carboxylic acids is 3. The van der Waals surface area contributed by atoms with Crippen molar-refractivity contribution in [2.45, 2.75) is 96.2 Å². The van der Waals surface area contributed by atoms with Crippen LogP contribution in [0.2, 0.25) is 18.6 Å². The van der Waals surface area contributed by atoms with Crippen molar-refractivity contribution < 1.29 is 29.0 Å². The lowest BCUT2D eigenvalue weighted by Crippen LogP contribution is -2.48. The molecule has 10 nitrogen and oxygen atoms in total. The molecular formula is C35H52N4O6Si. The van der Waals surface area contributed by atoms with Gasteiger partial charge in [0.1, 0.15) is 0 Å². The number of hydrogen-bond donors (Lipinski definition) is 3. The number of aliphatic hydroxyl groups excluding tert-OH is 1. The molecule has 5 atom stereocenters. The van der Waals surface area contributed by atoms with Gasteiger partial charge in [0.25, 0.3) is 5.91 Å². The number of piperazine rings is 1. The zero-order valence-corrected chi connectivity index (χ0v) is 29.3. The second-order valence-electron chi connectivity index (χ2n) is 14.3. The van der Waals surface area contributed by atoms with Gasteiger partial charge in [0.2, 0.25) is 11.8 Å². The van der Waals surface area contributed by atoms with E-state index < -0.39 is 31.5 Å². The summed E-state index contributed by atoms with van der Waals surface area (Å²) in [7, 11) is -2.97.